The minimum Gasteiger partial charge on any atom is -0.493 e. The third-order valence-corrected chi connectivity index (χ3v) is 4.69. The summed E-state index contributed by atoms with van der Waals surface area (Å²) in [6.45, 7) is 12.5. The standard InChI is InChI=1S/C15H26O5Si2/c1-17-12-13(16)15(14(12)18-2,20-22(6,7)8)10-9-11-19-21(3,4)5/h11H2,1-8H3. The van der Waals surface area contributed by atoms with Crippen molar-refractivity contribution >= 4 is 22.4 Å². The lowest BCUT2D eigenvalue weighted by molar-refractivity contribution is -0.137. The van der Waals surface area contributed by atoms with Gasteiger partial charge in [-0.15, -0.1) is 0 Å². The average molecular weight is 343 g/mol. The van der Waals surface area contributed by atoms with Gasteiger partial charge in [0.2, 0.25) is 11.4 Å². The van der Waals surface area contributed by atoms with Crippen LogP contribution in [0.3, 0.4) is 0 Å². The van der Waals surface area contributed by atoms with Crippen LogP contribution in [-0.2, 0) is 23.1 Å². The Hall–Kier alpha value is -1.08. The van der Waals surface area contributed by atoms with Gasteiger partial charge in [-0.05, 0) is 45.2 Å². The molecule has 1 aliphatic carbocycles. The minimum absolute atomic E-state index is 0.182. The van der Waals surface area contributed by atoms with Crippen LogP contribution in [0, 0.1) is 11.8 Å². The fourth-order valence-corrected chi connectivity index (χ4v) is 3.65. The maximum Gasteiger partial charge on any atom is 0.252 e. The van der Waals surface area contributed by atoms with E-state index in [2.05, 4.69) is 31.5 Å². The molecule has 0 spiro atoms. The molecule has 0 aromatic carbocycles. The van der Waals surface area contributed by atoms with Crippen molar-refractivity contribution in [1.29, 1.82) is 0 Å². The molecule has 0 N–H and O–H groups in total. The van der Waals surface area contributed by atoms with Crippen molar-refractivity contribution in [1.82, 2.24) is 0 Å². The molecule has 124 valence electrons. The zero-order chi connectivity index (χ0) is 17.2. The van der Waals surface area contributed by atoms with Crippen molar-refractivity contribution in [3.63, 3.8) is 0 Å². The Morgan fingerprint density at radius 3 is 2.00 bits per heavy atom. The van der Waals surface area contributed by atoms with Crippen LogP contribution in [0.1, 0.15) is 0 Å². The topological polar surface area (TPSA) is 54.0 Å². The van der Waals surface area contributed by atoms with E-state index in [1.165, 1.54) is 14.2 Å². The van der Waals surface area contributed by atoms with E-state index in [1.807, 2.05) is 19.6 Å². The first-order chi connectivity index (χ1) is 9.97. The third kappa shape index (κ3) is 4.23. The number of hydrogen-bond donors (Lipinski definition) is 0. The van der Waals surface area contributed by atoms with Gasteiger partial charge < -0.3 is 18.3 Å². The average Bonchev–Trinajstić information content (AvgIpc) is 2.36. The highest BCUT2D eigenvalue weighted by Crippen LogP contribution is 2.40. The number of Topliss-reactive ketones (excluding diaryl/α,β-unsaturated/α-hetero) is 1. The molecule has 0 aliphatic heterocycles. The van der Waals surface area contributed by atoms with Gasteiger partial charge >= 0.3 is 0 Å². The molecular formula is C15H26O5Si2. The zero-order valence-corrected chi connectivity index (χ0v) is 16.7. The number of ether oxygens (including phenoxy) is 2. The van der Waals surface area contributed by atoms with E-state index in [-0.39, 0.29) is 18.1 Å². The van der Waals surface area contributed by atoms with Crippen molar-refractivity contribution in [3.8, 4) is 11.8 Å². The summed E-state index contributed by atoms with van der Waals surface area (Å²) in [5.41, 5.74) is -1.34. The van der Waals surface area contributed by atoms with E-state index in [4.69, 9.17) is 18.3 Å². The lowest BCUT2D eigenvalue weighted by Gasteiger charge is -2.40. The molecule has 1 aliphatic rings. The Morgan fingerprint density at radius 2 is 1.59 bits per heavy atom. The lowest BCUT2D eigenvalue weighted by Crippen LogP contribution is -2.57. The highest BCUT2D eigenvalue weighted by Gasteiger charge is 2.59. The number of ketones is 1. The maximum atomic E-state index is 12.5. The van der Waals surface area contributed by atoms with Crippen LogP contribution in [0.5, 0.6) is 0 Å². The largest absolute Gasteiger partial charge is 0.493 e. The van der Waals surface area contributed by atoms with Gasteiger partial charge in [-0.25, -0.2) is 0 Å². The molecule has 0 radical (unpaired) electrons. The fourth-order valence-electron chi connectivity index (χ4n) is 1.99. The second-order valence-corrected chi connectivity index (χ2v) is 15.9. The van der Waals surface area contributed by atoms with Crippen LogP contribution in [0.2, 0.25) is 39.3 Å². The predicted octanol–water partition coefficient (Wildman–Crippen LogP) is 2.52. The Balaban J connectivity index is 3.10. The Kier molecular flexibility index (Phi) is 5.68. The van der Waals surface area contributed by atoms with Crippen molar-refractivity contribution in [2.45, 2.75) is 44.9 Å². The van der Waals surface area contributed by atoms with E-state index >= 15 is 0 Å². The van der Waals surface area contributed by atoms with Crippen molar-refractivity contribution in [2.75, 3.05) is 20.8 Å². The number of carbonyl (C=O) groups is 1. The zero-order valence-electron chi connectivity index (χ0n) is 14.7. The Morgan fingerprint density at radius 1 is 1.00 bits per heavy atom. The predicted molar refractivity (Wildman–Crippen MR) is 90.3 cm³/mol. The van der Waals surface area contributed by atoms with E-state index in [0.29, 0.717) is 5.76 Å². The van der Waals surface area contributed by atoms with Gasteiger partial charge in [0.15, 0.2) is 22.4 Å². The van der Waals surface area contributed by atoms with Crippen molar-refractivity contribution < 1.29 is 23.1 Å². The first kappa shape index (κ1) is 19.0. The highest BCUT2D eigenvalue weighted by atomic mass is 28.4. The molecule has 0 bridgehead atoms. The molecule has 0 heterocycles. The van der Waals surface area contributed by atoms with Crippen LogP contribution in [-0.4, -0.2) is 48.8 Å². The second kappa shape index (κ2) is 6.58. The summed E-state index contributed by atoms with van der Waals surface area (Å²) < 4.78 is 22.1. The highest BCUT2D eigenvalue weighted by molar-refractivity contribution is 6.70. The monoisotopic (exact) mass is 342 g/mol. The lowest BCUT2D eigenvalue weighted by atomic mass is 9.83. The molecule has 1 unspecified atom stereocenters. The van der Waals surface area contributed by atoms with Gasteiger partial charge in [-0.3, -0.25) is 4.79 Å². The molecule has 1 atom stereocenters. The molecular weight excluding hydrogens is 316 g/mol. The molecule has 5 nitrogen and oxygen atoms in total. The summed E-state index contributed by atoms with van der Waals surface area (Å²) in [6.07, 6.45) is 0. The Bertz CT molecular complexity index is 531. The van der Waals surface area contributed by atoms with Gasteiger partial charge in [0.25, 0.3) is 5.78 Å². The summed E-state index contributed by atoms with van der Waals surface area (Å²) in [5.74, 6) is 6.09. The molecule has 7 heteroatoms. The number of rotatable bonds is 6. The van der Waals surface area contributed by atoms with Gasteiger partial charge in [-0.2, -0.15) is 0 Å². The van der Waals surface area contributed by atoms with Gasteiger partial charge in [-0.1, -0.05) is 5.92 Å². The second-order valence-electron chi connectivity index (χ2n) is 6.99. The van der Waals surface area contributed by atoms with Crippen molar-refractivity contribution in [3.05, 3.63) is 11.5 Å². The van der Waals surface area contributed by atoms with Crippen LogP contribution in [0.4, 0.5) is 0 Å². The minimum atomic E-state index is -2.03. The normalized spacial score (nSPS) is 21.9. The van der Waals surface area contributed by atoms with E-state index in [0.717, 1.165) is 0 Å². The molecule has 0 fully saturated rings. The number of hydrogen-bond acceptors (Lipinski definition) is 5. The summed E-state index contributed by atoms with van der Waals surface area (Å²) >= 11 is 0. The molecule has 0 aromatic heterocycles. The van der Waals surface area contributed by atoms with Crippen molar-refractivity contribution in [2.24, 2.45) is 0 Å². The van der Waals surface area contributed by atoms with E-state index in [9.17, 15) is 4.79 Å². The van der Waals surface area contributed by atoms with Crippen LogP contribution in [0.15, 0.2) is 11.5 Å². The van der Waals surface area contributed by atoms with Crippen LogP contribution in [0.25, 0.3) is 0 Å². The summed E-state index contributed by atoms with van der Waals surface area (Å²) in [7, 11) is -0.743. The van der Waals surface area contributed by atoms with E-state index in [1.54, 1.807) is 0 Å². The first-order valence-electron chi connectivity index (χ1n) is 7.18. The van der Waals surface area contributed by atoms with E-state index < -0.39 is 22.2 Å². The molecule has 0 saturated heterocycles. The first-order valence-corrected chi connectivity index (χ1v) is 14.0. The fraction of sp³-hybridized carbons (Fsp3) is 0.667. The number of carbonyl (C=O) groups excluding carboxylic acids is 1. The Labute approximate surface area is 135 Å². The summed E-state index contributed by atoms with van der Waals surface area (Å²) in [6, 6.07) is 0. The number of methoxy groups -OCH3 is 2. The molecule has 22 heavy (non-hydrogen) atoms. The van der Waals surface area contributed by atoms with Crippen LogP contribution < -0.4 is 0 Å². The molecule has 0 aromatic rings. The maximum absolute atomic E-state index is 12.5. The SMILES string of the molecule is COC1=C(OC)C(C#CCO[Si](C)(C)C)(O[Si](C)(C)C)C1=O. The quantitative estimate of drug-likeness (QED) is 0.548. The summed E-state index contributed by atoms with van der Waals surface area (Å²) in [4.78, 5) is 12.5. The van der Waals surface area contributed by atoms with Gasteiger partial charge in [0.1, 0.15) is 0 Å². The van der Waals surface area contributed by atoms with Gasteiger partial charge in [0.05, 0.1) is 20.8 Å². The molecule has 1 rings (SSSR count). The summed E-state index contributed by atoms with van der Waals surface area (Å²) in [5, 5.41) is 0. The van der Waals surface area contributed by atoms with Crippen LogP contribution >= 0.6 is 0 Å². The smallest absolute Gasteiger partial charge is 0.252 e. The molecule has 0 amide bonds. The van der Waals surface area contributed by atoms with Gasteiger partial charge in [0, 0.05) is 0 Å². The third-order valence-electron chi connectivity index (χ3n) is 2.76. The molecule has 0 saturated carbocycles.